The maximum atomic E-state index is 12.1. The first-order chi connectivity index (χ1) is 9.47. The summed E-state index contributed by atoms with van der Waals surface area (Å²) in [6.45, 7) is 0. The Hall–Kier alpha value is -1.54. The van der Waals surface area contributed by atoms with Crippen LogP contribution in [0.3, 0.4) is 0 Å². The van der Waals surface area contributed by atoms with Crippen molar-refractivity contribution < 1.29 is 4.79 Å². The number of carbonyl (C=O) groups is 1. The normalized spacial score (nSPS) is 17.4. The number of hydrogen-bond acceptors (Lipinski definition) is 4. The van der Waals surface area contributed by atoms with E-state index in [9.17, 15) is 14.4 Å². The van der Waals surface area contributed by atoms with E-state index < -0.39 is 17.0 Å². The number of nitrogens with two attached hydrogens (primary N) is 1. The number of carbonyl (C=O) groups excluding carboxylic acids is 1. The third-order valence-electron chi connectivity index (χ3n) is 3.18. The number of halogens is 1. The molecule has 0 saturated heterocycles. The van der Waals surface area contributed by atoms with Gasteiger partial charge < -0.3 is 10.7 Å². The molecular formula is C12H10BrN3O3S. The lowest BCUT2D eigenvalue weighted by atomic mass is 10.2. The van der Waals surface area contributed by atoms with Gasteiger partial charge in [0.15, 0.2) is 0 Å². The van der Waals surface area contributed by atoms with Crippen molar-refractivity contribution in [1.29, 1.82) is 0 Å². The Bertz CT molecular complexity index is 842. The van der Waals surface area contributed by atoms with E-state index >= 15 is 0 Å². The third kappa shape index (κ3) is 2.08. The molecule has 1 unspecified atom stereocenters. The van der Waals surface area contributed by atoms with E-state index in [1.165, 1.54) is 4.57 Å². The highest BCUT2D eigenvalue weighted by Gasteiger charge is 2.26. The Labute approximate surface area is 125 Å². The van der Waals surface area contributed by atoms with Crippen molar-refractivity contribution in [2.45, 2.75) is 17.4 Å². The second kappa shape index (κ2) is 4.78. The minimum absolute atomic E-state index is 0.0426. The van der Waals surface area contributed by atoms with Gasteiger partial charge in [0.05, 0.1) is 17.1 Å². The van der Waals surface area contributed by atoms with Crippen LogP contribution in [0.5, 0.6) is 0 Å². The SMILES string of the molecule is NC(=O)CC1CSc2cc(Br)cc3[nH]c(=O)c(=O)n1c23. The van der Waals surface area contributed by atoms with Crippen molar-refractivity contribution in [3.63, 3.8) is 0 Å². The molecule has 0 aliphatic carbocycles. The van der Waals surface area contributed by atoms with Crippen molar-refractivity contribution in [2.75, 3.05) is 5.75 Å². The molecule has 1 aromatic carbocycles. The summed E-state index contributed by atoms with van der Waals surface area (Å²) in [5.41, 5.74) is 5.11. The molecule has 1 aliphatic heterocycles. The summed E-state index contributed by atoms with van der Waals surface area (Å²) in [6, 6.07) is 3.24. The van der Waals surface area contributed by atoms with E-state index in [1.807, 2.05) is 6.07 Å². The number of H-pyrrole nitrogens is 1. The van der Waals surface area contributed by atoms with Gasteiger partial charge in [0, 0.05) is 21.5 Å². The van der Waals surface area contributed by atoms with Crippen LogP contribution in [0.4, 0.5) is 0 Å². The summed E-state index contributed by atoms with van der Waals surface area (Å²) >= 11 is 4.91. The standard InChI is InChI=1S/C12H10BrN3O3S/c13-5-1-7-10-8(2-5)20-4-6(3-9(14)17)16(10)12(19)11(18)15-7/h1-2,6H,3-4H2,(H2,14,17)(H,15,18). The lowest BCUT2D eigenvalue weighted by molar-refractivity contribution is -0.118. The molecule has 2 heterocycles. The third-order valence-corrected chi connectivity index (χ3v) is 4.81. The smallest absolute Gasteiger partial charge is 0.317 e. The topological polar surface area (TPSA) is 98.0 Å². The molecule has 3 rings (SSSR count). The van der Waals surface area contributed by atoms with Crippen molar-refractivity contribution in [3.05, 3.63) is 37.3 Å². The highest BCUT2D eigenvalue weighted by Crippen LogP contribution is 2.37. The van der Waals surface area contributed by atoms with Gasteiger partial charge in [0.25, 0.3) is 0 Å². The molecule has 1 aromatic heterocycles. The van der Waals surface area contributed by atoms with E-state index in [0.29, 0.717) is 16.8 Å². The van der Waals surface area contributed by atoms with Crippen molar-refractivity contribution in [1.82, 2.24) is 9.55 Å². The van der Waals surface area contributed by atoms with Crippen molar-refractivity contribution in [3.8, 4) is 0 Å². The molecule has 104 valence electrons. The van der Waals surface area contributed by atoms with Crippen molar-refractivity contribution >= 4 is 44.6 Å². The highest BCUT2D eigenvalue weighted by molar-refractivity contribution is 9.10. The van der Waals surface area contributed by atoms with Gasteiger partial charge in [-0.1, -0.05) is 15.9 Å². The summed E-state index contributed by atoms with van der Waals surface area (Å²) in [5.74, 6) is 0.0432. The van der Waals surface area contributed by atoms with Gasteiger partial charge in [-0.3, -0.25) is 19.0 Å². The first-order valence-corrected chi connectivity index (χ1v) is 7.64. The maximum Gasteiger partial charge on any atom is 0.317 e. The molecule has 3 N–H and O–H groups in total. The molecule has 20 heavy (non-hydrogen) atoms. The van der Waals surface area contributed by atoms with Crippen LogP contribution in [0.2, 0.25) is 0 Å². The predicted molar refractivity (Wildman–Crippen MR) is 80.1 cm³/mol. The minimum Gasteiger partial charge on any atom is -0.370 e. The van der Waals surface area contributed by atoms with E-state index in [2.05, 4.69) is 20.9 Å². The highest BCUT2D eigenvalue weighted by atomic mass is 79.9. The fourth-order valence-corrected chi connectivity index (χ4v) is 4.21. The Balaban J connectivity index is 2.39. The monoisotopic (exact) mass is 355 g/mol. The number of amides is 1. The molecular weight excluding hydrogens is 346 g/mol. The number of primary amides is 1. The van der Waals surface area contributed by atoms with Crippen LogP contribution < -0.4 is 16.9 Å². The zero-order valence-electron chi connectivity index (χ0n) is 10.2. The lowest BCUT2D eigenvalue weighted by Crippen LogP contribution is -2.41. The van der Waals surface area contributed by atoms with Crippen LogP contribution in [0.15, 0.2) is 31.1 Å². The van der Waals surface area contributed by atoms with Gasteiger partial charge in [-0.05, 0) is 12.1 Å². The molecule has 0 bridgehead atoms. The minimum atomic E-state index is -0.692. The molecule has 1 atom stereocenters. The van der Waals surface area contributed by atoms with Gasteiger partial charge in [0.2, 0.25) is 5.91 Å². The summed E-state index contributed by atoms with van der Waals surface area (Å²) < 4.78 is 2.22. The Kier molecular flexibility index (Phi) is 3.21. The second-order valence-corrected chi connectivity index (χ2v) is 6.54. The number of benzene rings is 1. The molecule has 0 radical (unpaired) electrons. The summed E-state index contributed by atoms with van der Waals surface area (Å²) in [4.78, 5) is 38.5. The fraction of sp³-hybridized carbons (Fsp3) is 0.250. The summed E-state index contributed by atoms with van der Waals surface area (Å²) in [5, 5.41) is 0. The molecule has 0 fully saturated rings. The number of nitrogens with one attached hydrogen (secondary N) is 1. The van der Waals surface area contributed by atoms with Crippen LogP contribution in [-0.2, 0) is 4.79 Å². The number of rotatable bonds is 2. The first kappa shape index (κ1) is 13.4. The molecule has 2 aromatic rings. The van der Waals surface area contributed by atoms with Gasteiger partial charge in [-0.15, -0.1) is 11.8 Å². The van der Waals surface area contributed by atoms with Gasteiger partial charge in [-0.2, -0.15) is 0 Å². The molecule has 0 spiro atoms. The first-order valence-electron chi connectivity index (χ1n) is 5.86. The van der Waals surface area contributed by atoms with Crippen LogP contribution >= 0.6 is 27.7 Å². The van der Waals surface area contributed by atoms with Gasteiger partial charge >= 0.3 is 11.1 Å². The average Bonchev–Trinajstić information content (AvgIpc) is 2.36. The van der Waals surface area contributed by atoms with Crippen molar-refractivity contribution in [2.24, 2.45) is 5.73 Å². The Morgan fingerprint density at radius 2 is 2.25 bits per heavy atom. The van der Waals surface area contributed by atoms with E-state index in [0.717, 1.165) is 9.37 Å². The van der Waals surface area contributed by atoms with Crippen LogP contribution in [0.1, 0.15) is 12.5 Å². The molecule has 6 nitrogen and oxygen atoms in total. The fourth-order valence-electron chi connectivity index (χ4n) is 2.41. The molecule has 0 saturated carbocycles. The van der Waals surface area contributed by atoms with E-state index in [1.54, 1.807) is 17.8 Å². The maximum absolute atomic E-state index is 12.1. The quantitative estimate of drug-likeness (QED) is 0.784. The predicted octanol–water partition coefficient (Wildman–Crippen LogP) is 0.974. The van der Waals surface area contributed by atoms with Crippen LogP contribution in [0.25, 0.3) is 11.0 Å². The average molecular weight is 356 g/mol. The van der Waals surface area contributed by atoms with Gasteiger partial charge in [0.1, 0.15) is 0 Å². The van der Waals surface area contributed by atoms with E-state index in [4.69, 9.17) is 5.73 Å². The van der Waals surface area contributed by atoms with E-state index in [-0.39, 0.29) is 12.5 Å². The van der Waals surface area contributed by atoms with Gasteiger partial charge in [-0.25, -0.2) is 0 Å². The van der Waals surface area contributed by atoms with Crippen LogP contribution in [-0.4, -0.2) is 21.2 Å². The summed E-state index contributed by atoms with van der Waals surface area (Å²) in [6.07, 6.45) is 0.0426. The number of hydrogen-bond donors (Lipinski definition) is 2. The van der Waals surface area contributed by atoms with Crippen LogP contribution in [0, 0.1) is 0 Å². The lowest BCUT2D eigenvalue weighted by Gasteiger charge is -2.26. The number of nitrogens with zero attached hydrogens (tertiary/aromatic N) is 1. The molecule has 8 heteroatoms. The summed E-state index contributed by atoms with van der Waals surface area (Å²) in [7, 11) is 0. The zero-order chi connectivity index (χ0) is 14.4. The molecule has 1 amide bonds. The Morgan fingerprint density at radius 3 is 2.95 bits per heavy atom. The zero-order valence-corrected chi connectivity index (χ0v) is 12.6. The number of aromatic nitrogens is 2. The molecule has 1 aliphatic rings. The second-order valence-electron chi connectivity index (χ2n) is 4.56. The Morgan fingerprint density at radius 1 is 1.50 bits per heavy atom. The number of thioether (sulfide) groups is 1. The largest absolute Gasteiger partial charge is 0.370 e. The number of aromatic amines is 1.